The number of halogens is 3. The number of aromatic amines is 2. The van der Waals surface area contributed by atoms with E-state index in [0.29, 0.717) is 70.0 Å². The number of piperidine rings is 2. The van der Waals surface area contributed by atoms with E-state index in [1.54, 1.807) is 17.3 Å². The summed E-state index contributed by atoms with van der Waals surface area (Å²) in [6.45, 7) is 9.82. The van der Waals surface area contributed by atoms with Crippen LogP contribution in [0, 0.1) is 23.7 Å². The van der Waals surface area contributed by atoms with E-state index in [0.717, 1.165) is 148 Å². The van der Waals surface area contributed by atoms with Crippen molar-refractivity contribution in [2.75, 3.05) is 36.8 Å². The molecule has 73 heavy (non-hydrogen) atoms. The number of benzene rings is 2. The highest BCUT2D eigenvalue weighted by molar-refractivity contribution is 6.66. The summed E-state index contributed by atoms with van der Waals surface area (Å²) >= 11 is 17.6. The Hall–Kier alpha value is -5.93. The number of allylic oxidation sites excluding steroid dienone is 1. The number of H-pyrrole nitrogens is 2. The molecule has 2 aliphatic carbocycles. The fraction of sp³-hybridized carbons (Fsp3) is 0.429. The quantitative estimate of drug-likeness (QED) is 0.0515. The Bertz CT molecular complexity index is 2880. The molecule has 2 aliphatic heterocycles. The molecule has 4 fully saturated rings. The number of nitrogens with zero attached hydrogens (tertiary/aromatic N) is 5. The first kappa shape index (κ1) is 53.4. The Morgan fingerprint density at radius 1 is 0.658 bits per heavy atom. The molecular formula is C56H65Cl3N10O4. The van der Waals surface area contributed by atoms with Crippen molar-refractivity contribution in [3.8, 4) is 22.5 Å². The van der Waals surface area contributed by atoms with Crippen LogP contribution >= 0.6 is 34.8 Å². The van der Waals surface area contributed by atoms with Crippen LogP contribution in [0.1, 0.15) is 89.9 Å². The van der Waals surface area contributed by atoms with Gasteiger partial charge in [0.15, 0.2) is 0 Å². The first-order chi connectivity index (χ1) is 35.5. The number of nitrogens with one attached hydrogen (secondary N) is 5. The number of anilines is 2. The van der Waals surface area contributed by atoms with E-state index in [1.165, 1.54) is 6.08 Å². The molecule has 10 rings (SSSR count). The van der Waals surface area contributed by atoms with Crippen molar-refractivity contribution >= 4 is 91.2 Å². The van der Waals surface area contributed by atoms with Gasteiger partial charge in [-0.2, -0.15) is 0 Å². The number of carbonyl (C=O) groups is 4. The predicted octanol–water partition coefficient (Wildman–Crippen LogP) is 11.8. The number of para-hydroxylation sites is 2. The minimum Gasteiger partial charge on any atom is -0.360 e. The van der Waals surface area contributed by atoms with Gasteiger partial charge >= 0.3 is 0 Å². The summed E-state index contributed by atoms with van der Waals surface area (Å²) in [4.78, 5) is 73.7. The van der Waals surface area contributed by atoms with Gasteiger partial charge in [0.1, 0.15) is 11.6 Å². The largest absolute Gasteiger partial charge is 0.360 e. The second kappa shape index (κ2) is 25.8. The summed E-state index contributed by atoms with van der Waals surface area (Å²) in [5, 5.41) is 13.1. The van der Waals surface area contributed by atoms with Crippen LogP contribution in [0.2, 0.25) is 10.0 Å². The molecule has 0 spiro atoms. The lowest BCUT2D eigenvalue weighted by Gasteiger charge is -2.33. The second-order valence-electron chi connectivity index (χ2n) is 19.7. The van der Waals surface area contributed by atoms with Crippen LogP contribution in [-0.2, 0) is 19.2 Å². The van der Waals surface area contributed by atoms with Gasteiger partial charge in [-0.25, -0.2) is 19.9 Å². The molecule has 4 aromatic heterocycles. The van der Waals surface area contributed by atoms with Crippen LogP contribution in [0.3, 0.4) is 0 Å². The first-order valence-electron chi connectivity index (χ1n) is 25.7. The molecule has 2 aromatic carbocycles. The van der Waals surface area contributed by atoms with E-state index in [4.69, 9.17) is 44.8 Å². The molecule has 4 aliphatic rings. The maximum Gasteiger partial charge on any atom is 0.245 e. The highest BCUT2D eigenvalue weighted by Crippen LogP contribution is 2.36. The standard InChI is InChI=1S/C28H32ClN5O2.C25H30ClN5O.C3H3ClO/c1-2-26(36)34-13-5-6-19(17-34)25(35)14-18-9-11-20(12-10-18)32-28-31-16-23(29)27(33-28)22-15-30-24-8-4-3-7-21(22)24;26-21-15-29-25(31-24(21)20-14-28-22-6-2-1-5-19(20)22)30-18-9-7-16(8-10-18)12-23(32)17-4-3-11-27-13-17;1-2-3(4)5/h2-4,7-8,15-16,18-20,30H,1,5-6,9-14,17H2,(H,31,32,33);1-2,5-6,14-18,27-28H,3-4,7-13H2,(H,29,30,31);2H,1H2. The van der Waals surface area contributed by atoms with E-state index in [2.05, 4.69) is 61.2 Å². The molecule has 14 nitrogen and oxygen atoms in total. The maximum absolute atomic E-state index is 13.0. The van der Waals surface area contributed by atoms with Crippen molar-refractivity contribution in [1.29, 1.82) is 0 Å². The van der Waals surface area contributed by atoms with Crippen molar-refractivity contribution in [3.05, 3.63) is 109 Å². The van der Waals surface area contributed by atoms with Crippen molar-refractivity contribution in [3.63, 3.8) is 0 Å². The SMILES string of the molecule is C=CC(=O)Cl.C=CC(=O)N1CCCC(C(=O)CC2CCC(Nc3ncc(Cl)c(-c4c[nH]c5ccccc45)n3)CC2)C1.O=C(CC1CCC(Nc2ncc(Cl)c(-c3c[nH]c4ccccc34)n2)CC1)C1CCCNC1. The fourth-order valence-corrected chi connectivity index (χ4v) is 11.2. The van der Waals surface area contributed by atoms with E-state index >= 15 is 0 Å². The van der Waals surface area contributed by atoms with Gasteiger partial charge in [-0.3, -0.25) is 19.2 Å². The number of likely N-dealkylation sites (tertiary alicyclic amines) is 1. The van der Waals surface area contributed by atoms with Gasteiger partial charge in [0.2, 0.25) is 23.0 Å². The van der Waals surface area contributed by atoms with Gasteiger partial charge in [0.05, 0.1) is 33.8 Å². The van der Waals surface area contributed by atoms with Crippen molar-refractivity contribution in [2.24, 2.45) is 23.7 Å². The lowest BCUT2D eigenvalue weighted by atomic mass is 9.80. The zero-order valence-corrected chi connectivity index (χ0v) is 43.5. The average molecular weight is 1050 g/mol. The number of rotatable bonds is 14. The molecule has 2 atom stereocenters. The summed E-state index contributed by atoms with van der Waals surface area (Å²) in [7, 11) is 0. The van der Waals surface area contributed by atoms with Crippen molar-refractivity contribution < 1.29 is 19.2 Å². The lowest BCUT2D eigenvalue weighted by Crippen LogP contribution is -2.42. The molecule has 5 N–H and O–H groups in total. The van der Waals surface area contributed by atoms with Gasteiger partial charge in [-0.05, 0) is 131 Å². The molecule has 0 radical (unpaired) electrons. The lowest BCUT2D eigenvalue weighted by molar-refractivity contribution is -0.131. The summed E-state index contributed by atoms with van der Waals surface area (Å²) in [6, 6.07) is 16.8. The van der Waals surface area contributed by atoms with Gasteiger partial charge in [-0.1, -0.05) is 72.8 Å². The normalized spacial score (nSPS) is 21.9. The molecule has 2 saturated heterocycles. The first-order valence-corrected chi connectivity index (χ1v) is 26.8. The summed E-state index contributed by atoms with van der Waals surface area (Å²) in [5.74, 6) is 2.97. The van der Waals surface area contributed by atoms with Gasteiger partial charge < -0.3 is 30.8 Å². The molecular weight excluding hydrogens is 983 g/mol. The van der Waals surface area contributed by atoms with Gasteiger partial charge in [0, 0.05) is 102 Å². The Morgan fingerprint density at radius 3 is 1.60 bits per heavy atom. The second-order valence-corrected chi connectivity index (χ2v) is 20.9. The molecule has 17 heteroatoms. The molecule has 6 heterocycles. The number of fused-ring (bicyclic) bond motifs is 2. The van der Waals surface area contributed by atoms with Crippen LogP contribution < -0.4 is 16.0 Å². The highest BCUT2D eigenvalue weighted by atomic mass is 35.5. The minimum absolute atomic E-state index is 0.0381. The molecule has 0 bridgehead atoms. The van der Waals surface area contributed by atoms with Crippen LogP contribution in [-0.4, -0.2) is 95.8 Å². The zero-order chi connectivity index (χ0) is 51.3. The topological polar surface area (TPSA) is 191 Å². The number of ketones is 2. The Morgan fingerprint density at radius 2 is 1.14 bits per heavy atom. The van der Waals surface area contributed by atoms with Crippen LogP contribution in [0.15, 0.2) is 98.6 Å². The van der Waals surface area contributed by atoms with Crippen LogP contribution in [0.25, 0.3) is 44.3 Å². The summed E-state index contributed by atoms with van der Waals surface area (Å²) < 4.78 is 0. The van der Waals surface area contributed by atoms with E-state index in [1.807, 2.05) is 48.8 Å². The van der Waals surface area contributed by atoms with E-state index in [-0.39, 0.29) is 23.8 Å². The van der Waals surface area contributed by atoms with Crippen molar-refractivity contribution in [2.45, 2.75) is 102 Å². The third kappa shape index (κ3) is 14.2. The Labute approximate surface area is 442 Å². The average Bonchev–Trinajstić information content (AvgIpc) is 4.06. The van der Waals surface area contributed by atoms with Gasteiger partial charge in [-0.15, -0.1) is 0 Å². The third-order valence-electron chi connectivity index (χ3n) is 14.8. The summed E-state index contributed by atoms with van der Waals surface area (Å²) in [6.07, 6.45) is 23.0. The highest BCUT2D eigenvalue weighted by Gasteiger charge is 2.31. The number of hydrogen-bond donors (Lipinski definition) is 5. The van der Waals surface area contributed by atoms with Crippen molar-refractivity contribution in [1.82, 2.24) is 40.1 Å². The number of amides is 1. The maximum atomic E-state index is 13.0. The number of carbonyl (C=O) groups excluding carboxylic acids is 4. The molecule has 6 aromatic rings. The predicted molar refractivity (Wildman–Crippen MR) is 293 cm³/mol. The zero-order valence-electron chi connectivity index (χ0n) is 41.2. The van der Waals surface area contributed by atoms with E-state index < -0.39 is 5.24 Å². The molecule has 2 saturated carbocycles. The van der Waals surface area contributed by atoms with Crippen LogP contribution in [0.5, 0.6) is 0 Å². The van der Waals surface area contributed by atoms with Crippen LogP contribution in [0.4, 0.5) is 11.9 Å². The summed E-state index contributed by atoms with van der Waals surface area (Å²) in [5.41, 5.74) is 5.49. The molecule has 2 unspecified atom stereocenters. The number of aromatic nitrogens is 6. The number of hydrogen-bond acceptors (Lipinski definition) is 11. The monoisotopic (exact) mass is 1050 g/mol. The van der Waals surface area contributed by atoms with E-state index in [9.17, 15) is 19.2 Å². The third-order valence-corrected chi connectivity index (χ3v) is 15.5. The molecule has 384 valence electrons. The number of Topliss-reactive ketones (excluding diaryl/α,β-unsaturated/α-hetero) is 2. The van der Waals surface area contributed by atoms with Gasteiger partial charge in [0.25, 0.3) is 0 Å². The minimum atomic E-state index is -0.509. The Kier molecular flexibility index (Phi) is 18.9. The Balaban J connectivity index is 0.000000179. The smallest absolute Gasteiger partial charge is 0.245 e. The molecule has 1 amide bonds. The fourth-order valence-electron chi connectivity index (χ4n) is 10.8.